The summed E-state index contributed by atoms with van der Waals surface area (Å²) in [7, 11) is 0. The number of carboxylic acid groups (broad SMARTS) is 1. The molecular weight excluding hydrogens is 555 g/mol. The number of hydrogen-bond donors (Lipinski definition) is 6. The fraction of sp³-hybridized carbons (Fsp3) is 0.241. The number of halogens is 3. The van der Waals surface area contributed by atoms with Crippen LogP contribution in [0.4, 0.5) is 24.8 Å². The molecular formula is C29H30F3N5O5. The standard InChI is InChI=1S/C27H29N5O3.C2HF3O2/c1-27(2,3)18-11-9-17(10-12-18)24(34)32-22(16-7-5-4-6-8-16)23(33)25(35)29-19-13-14-20-21(15-19)31-26(28)30-20;3-2(4,5)1(6)7/h4-15,22-23,33H,1-3H3,(H,29,35)(H,32,34)(H3,28,30,31);(H,6,7)/t22-,23+;/m0./s1. The second-order valence-corrected chi connectivity index (χ2v) is 10.3. The van der Waals surface area contributed by atoms with Gasteiger partial charge in [-0.3, -0.25) is 9.59 Å². The lowest BCUT2D eigenvalue weighted by atomic mass is 9.86. The molecule has 0 bridgehead atoms. The number of aliphatic hydroxyl groups is 1. The van der Waals surface area contributed by atoms with Crippen molar-refractivity contribution in [2.24, 2.45) is 0 Å². The van der Waals surface area contributed by atoms with Crippen molar-refractivity contribution in [2.75, 3.05) is 11.1 Å². The Morgan fingerprint density at radius 1 is 0.952 bits per heavy atom. The number of amides is 2. The van der Waals surface area contributed by atoms with E-state index in [-0.39, 0.29) is 17.3 Å². The summed E-state index contributed by atoms with van der Waals surface area (Å²) in [5.41, 5.74) is 9.56. The van der Waals surface area contributed by atoms with Crippen LogP contribution in [0.2, 0.25) is 0 Å². The SMILES string of the molecule is CC(C)(C)c1ccc(C(=O)N[C@@H](c2ccccc2)[C@@H](O)C(=O)Nc2ccc3nc(N)[nH]c3c2)cc1.O=C(O)C(F)(F)F. The van der Waals surface area contributed by atoms with Crippen molar-refractivity contribution in [3.05, 3.63) is 89.5 Å². The molecule has 3 aromatic carbocycles. The Labute approximate surface area is 238 Å². The number of nitrogens with zero attached hydrogens (tertiary/aromatic N) is 1. The maximum absolute atomic E-state index is 13.0. The first-order chi connectivity index (χ1) is 19.6. The third kappa shape index (κ3) is 8.30. The minimum Gasteiger partial charge on any atom is -0.475 e. The molecule has 0 aliphatic rings. The summed E-state index contributed by atoms with van der Waals surface area (Å²) in [6, 6.07) is 20.3. The minimum absolute atomic E-state index is 0.0409. The van der Waals surface area contributed by atoms with Gasteiger partial charge in [-0.2, -0.15) is 13.2 Å². The van der Waals surface area contributed by atoms with Crippen LogP contribution >= 0.6 is 0 Å². The molecule has 4 aromatic rings. The number of alkyl halides is 3. The Bertz CT molecular complexity index is 1550. The first-order valence-electron chi connectivity index (χ1n) is 12.6. The quantitative estimate of drug-likeness (QED) is 0.193. The van der Waals surface area contributed by atoms with Crippen molar-refractivity contribution in [1.82, 2.24) is 15.3 Å². The molecule has 2 amide bonds. The molecule has 0 unspecified atom stereocenters. The number of nitrogens with two attached hydrogens (primary N) is 1. The van der Waals surface area contributed by atoms with Crippen LogP contribution in [0.25, 0.3) is 11.0 Å². The van der Waals surface area contributed by atoms with Gasteiger partial charge < -0.3 is 31.6 Å². The Morgan fingerprint density at radius 3 is 2.10 bits per heavy atom. The van der Waals surface area contributed by atoms with E-state index in [1.165, 1.54) is 0 Å². The maximum Gasteiger partial charge on any atom is 0.490 e. The zero-order chi connectivity index (χ0) is 31.2. The van der Waals surface area contributed by atoms with E-state index in [2.05, 4.69) is 41.4 Å². The number of hydrogen-bond acceptors (Lipinski definition) is 6. The third-order valence-corrected chi connectivity index (χ3v) is 6.05. The molecule has 4 rings (SSSR count). The van der Waals surface area contributed by atoms with E-state index in [1.54, 1.807) is 54.6 Å². The topological polar surface area (TPSA) is 170 Å². The molecule has 0 aliphatic carbocycles. The van der Waals surface area contributed by atoms with Crippen molar-refractivity contribution in [2.45, 2.75) is 44.5 Å². The van der Waals surface area contributed by atoms with E-state index in [4.69, 9.17) is 15.6 Å². The monoisotopic (exact) mass is 585 g/mol. The number of H-pyrrole nitrogens is 1. The molecule has 13 heteroatoms. The number of nitrogen functional groups attached to an aromatic ring is 1. The zero-order valence-electron chi connectivity index (χ0n) is 22.9. The van der Waals surface area contributed by atoms with Crippen LogP contribution in [0, 0.1) is 0 Å². The fourth-order valence-electron chi connectivity index (χ4n) is 3.83. The zero-order valence-corrected chi connectivity index (χ0v) is 22.9. The number of aliphatic hydroxyl groups excluding tert-OH is 1. The van der Waals surface area contributed by atoms with E-state index >= 15 is 0 Å². The summed E-state index contributed by atoms with van der Waals surface area (Å²) in [4.78, 5) is 42.0. The lowest BCUT2D eigenvalue weighted by molar-refractivity contribution is -0.192. The van der Waals surface area contributed by atoms with Gasteiger partial charge in [-0.25, -0.2) is 9.78 Å². The number of imidazole rings is 1. The first-order valence-corrected chi connectivity index (χ1v) is 12.6. The number of aromatic amines is 1. The number of benzene rings is 3. The highest BCUT2D eigenvalue weighted by molar-refractivity contribution is 5.98. The van der Waals surface area contributed by atoms with Crippen LogP contribution in [-0.4, -0.2) is 50.2 Å². The average molecular weight is 586 g/mol. The summed E-state index contributed by atoms with van der Waals surface area (Å²) >= 11 is 0. The number of aromatic nitrogens is 2. The predicted octanol–water partition coefficient (Wildman–Crippen LogP) is 4.55. The second kappa shape index (κ2) is 12.7. The lowest BCUT2D eigenvalue weighted by Crippen LogP contribution is -2.42. The molecule has 0 saturated carbocycles. The average Bonchev–Trinajstić information content (AvgIpc) is 3.30. The van der Waals surface area contributed by atoms with Crippen LogP contribution in [-0.2, 0) is 15.0 Å². The van der Waals surface area contributed by atoms with E-state index in [9.17, 15) is 27.9 Å². The third-order valence-electron chi connectivity index (χ3n) is 6.05. The number of rotatable bonds is 6. The normalized spacial score (nSPS) is 12.9. The van der Waals surface area contributed by atoms with Gasteiger partial charge in [-0.15, -0.1) is 0 Å². The lowest BCUT2D eigenvalue weighted by Gasteiger charge is -2.24. The molecule has 0 spiro atoms. The number of anilines is 2. The largest absolute Gasteiger partial charge is 0.490 e. The summed E-state index contributed by atoms with van der Waals surface area (Å²) < 4.78 is 31.7. The van der Waals surface area contributed by atoms with E-state index in [0.29, 0.717) is 27.8 Å². The van der Waals surface area contributed by atoms with Gasteiger partial charge in [0.1, 0.15) is 0 Å². The minimum atomic E-state index is -5.08. The molecule has 0 saturated heterocycles. The number of aliphatic carboxylic acids is 1. The highest BCUT2D eigenvalue weighted by atomic mass is 19.4. The van der Waals surface area contributed by atoms with E-state index < -0.39 is 30.2 Å². The van der Waals surface area contributed by atoms with E-state index in [1.807, 2.05) is 18.2 Å². The van der Waals surface area contributed by atoms with Gasteiger partial charge in [-0.1, -0.05) is 63.2 Å². The van der Waals surface area contributed by atoms with Crippen molar-refractivity contribution in [3.8, 4) is 0 Å². The van der Waals surface area contributed by atoms with Crippen LogP contribution in [0.5, 0.6) is 0 Å². The van der Waals surface area contributed by atoms with Crippen molar-refractivity contribution in [1.29, 1.82) is 0 Å². The highest BCUT2D eigenvalue weighted by Crippen LogP contribution is 2.24. The molecule has 42 heavy (non-hydrogen) atoms. The summed E-state index contributed by atoms with van der Waals surface area (Å²) in [6.07, 6.45) is -6.63. The first kappa shape index (κ1) is 31.6. The summed E-state index contributed by atoms with van der Waals surface area (Å²) in [5.74, 6) is -3.53. The van der Waals surface area contributed by atoms with Gasteiger partial charge in [0.15, 0.2) is 12.1 Å². The van der Waals surface area contributed by atoms with Crippen LogP contribution < -0.4 is 16.4 Å². The molecule has 222 valence electrons. The van der Waals surface area contributed by atoms with Gasteiger partial charge >= 0.3 is 12.1 Å². The smallest absolute Gasteiger partial charge is 0.475 e. The molecule has 0 radical (unpaired) electrons. The molecule has 0 fully saturated rings. The molecule has 7 N–H and O–H groups in total. The van der Waals surface area contributed by atoms with Gasteiger partial charge in [-0.05, 0) is 46.9 Å². The van der Waals surface area contributed by atoms with Crippen molar-refractivity contribution < 1.29 is 37.8 Å². The van der Waals surface area contributed by atoms with Crippen molar-refractivity contribution in [3.63, 3.8) is 0 Å². The molecule has 0 aliphatic heterocycles. The van der Waals surface area contributed by atoms with Gasteiger partial charge in [0, 0.05) is 11.3 Å². The second-order valence-electron chi connectivity index (χ2n) is 10.3. The number of fused-ring (bicyclic) bond motifs is 1. The Balaban J connectivity index is 0.000000616. The summed E-state index contributed by atoms with van der Waals surface area (Å²) in [5, 5.41) is 23.6. The van der Waals surface area contributed by atoms with Gasteiger partial charge in [0.2, 0.25) is 0 Å². The van der Waals surface area contributed by atoms with Crippen LogP contribution in [0.3, 0.4) is 0 Å². The number of carbonyl (C=O) groups is 3. The predicted molar refractivity (Wildman–Crippen MR) is 151 cm³/mol. The fourth-order valence-corrected chi connectivity index (χ4v) is 3.83. The highest BCUT2D eigenvalue weighted by Gasteiger charge is 2.38. The van der Waals surface area contributed by atoms with Gasteiger partial charge in [0.05, 0.1) is 17.1 Å². The molecule has 10 nitrogen and oxygen atoms in total. The summed E-state index contributed by atoms with van der Waals surface area (Å²) in [6.45, 7) is 6.30. The van der Waals surface area contributed by atoms with Crippen LogP contribution in [0.1, 0.15) is 48.3 Å². The van der Waals surface area contributed by atoms with Gasteiger partial charge in [0.25, 0.3) is 11.8 Å². The van der Waals surface area contributed by atoms with Crippen LogP contribution in [0.15, 0.2) is 72.8 Å². The molecule has 1 heterocycles. The molecule has 1 aromatic heterocycles. The number of carboxylic acids is 1. The van der Waals surface area contributed by atoms with E-state index in [0.717, 1.165) is 5.56 Å². The Morgan fingerprint density at radius 2 is 1.55 bits per heavy atom. The molecule has 2 atom stereocenters. The number of carbonyl (C=O) groups excluding carboxylic acids is 2. The maximum atomic E-state index is 13.0. The Hall–Kier alpha value is -4.91. The number of nitrogens with one attached hydrogen (secondary N) is 3. The van der Waals surface area contributed by atoms with Crippen molar-refractivity contribution >= 4 is 40.5 Å². The Kier molecular flexibility index (Phi) is 9.58.